The molecular weight excluding hydrogens is 134 g/mol. The zero-order valence-electron chi connectivity index (χ0n) is 8.74. The highest BCUT2D eigenvalue weighted by molar-refractivity contribution is 4.51. The third-order valence-corrected chi connectivity index (χ3v) is 1.50. The molecule has 1 rings (SSSR count). The molecule has 0 saturated heterocycles. The summed E-state index contributed by atoms with van der Waals surface area (Å²) in [5.74, 6) is 0. The monoisotopic (exact) mass is 159 g/mol. The Balaban J connectivity index is 0. The fraction of sp³-hybridized carbons (Fsp3) is 1.00. The molecule has 1 aliphatic rings. The van der Waals surface area contributed by atoms with Gasteiger partial charge in [-0.25, -0.2) is 0 Å². The molecule has 1 nitrogen and oxygen atoms in total. The van der Waals surface area contributed by atoms with Gasteiger partial charge in [-0.05, 0) is 14.1 Å². The standard InChI is InChI=1S/C6H12.C2H7N.C2H6/c1-2-4-6-5-3-1;1-3-2;1-2/h1-6H2;3H,1-2H3;1-2H3. The molecule has 0 amide bonds. The quantitative estimate of drug-likeness (QED) is 0.572. The van der Waals surface area contributed by atoms with E-state index in [2.05, 4.69) is 5.32 Å². The van der Waals surface area contributed by atoms with E-state index in [4.69, 9.17) is 0 Å². The van der Waals surface area contributed by atoms with Gasteiger partial charge < -0.3 is 5.32 Å². The SMILES string of the molecule is C1CCCCC1.CC.CNC. The molecule has 0 heterocycles. The first-order valence-electron chi connectivity index (χ1n) is 5.00. The number of hydrogen-bond donors (Lipinski definition) is 1. The zero-order valence-corrected chi connectivity index (χ0v) is 8.74. The molecule has 11 heavy (non-hydrogen) atoms. The Bertz CT molecular complexity index is 28.6. The molecule has 0 aromatic heterocycles. The molecule has 0 aliphatic heterocycles. The maximum atomic E-state index is 2.75. The Morgan fingerprint density at radius 1 is 0.636 bits per heavy atom. The predicted molar refractivity (Wildman–Crippen MR) is 54.0 cm³/mol. The molecule has 0 unspecified atom stereocenters. The minimum Gasteiger partial charge on any atom is -0.323 e. The molecule has 1 N–H and O–H groups in total. The predicted octanol–water partition coefficient (Wildman–Crippen LogP) is 3.20. The molecule has 0 spiro atoms. The number of rotatable bonds is 0. The normalized spacial score (nSPS) is 15.3. The van der Waals surface area contributed by atoms with Crippen LogP contribution in [-0.4, -0.2) is 14.1 Å². The van der Waals surface area contributed by atoms with Crippen molar-refractivity contribution in [3.63, 3.8) is 0 Å². The van der Waals surface area contributed by atoms with Gasteiger partial charge in [0.05, 0.1) is 0 Å². The van der Waals surface area contributed by atoms with Crippen LogP contribution in [0.15, 0.2) is 0 Å². The van der Waals surface area contributed by atoms with E-state index in [0.717, 1.165) is 0 Å². The first-order chi connectivity index (χ1) is 5.41. The molecule has 70 valence electrons. The van der Waals surface area contributed by atoms with E-state index in [1.165, 1.54) is 38.5 Å². The van der Waals surface area contributed by atoms with Gasteiger partial charge in [-0.2, -0.15) is 0 Å². The van der Waals surface area contributed by atoms with Crippen molar-refractivity contribution in [1.82, 2.24) is 5.32 Å². The van der Waals surface area contributed by atoms with Gasteiger partial charge in [0.1, 0.15) is 0 Å². The van der Waals surface area contributed by atoms with Crippen molar-refractivity contribution in [2.75, 3.05) is 14.1 Å². The Labute approximate surface area is 72.6 Å². The minimum absolute atomic E-state index is 1.50. The number of nitrogens with one attached hydrogen (secondary N) is 1. The van der Waals surface area contributed by atoms with Crippen molar-refractivity contribution >= 4 is 0 Å². The van der Waals surface area contributed by atoms with E-state index in [9.17, 15) is 0 Å². The van der Waals surface area contributed by atoms with Crippen molar-refractivity contribution in [3.05, 3.63) is 0 Å². The van der Waals surface area contributed by atoms with Crippen LogP contribution in [0.25, 0.3) is 0 Å². The van der Waals surface area contributed by atoms with Crippen molar-refractivity contribution < 1.29 is 0 Å². The second-order valence-corrected chi connectivity index (χ2v) is 2.62. The summed E-state index contributed by atoms with van der Waals surface area (Å²) in [6.07, 6.45) is 9.00. The molecule has 1 fully saturated rings. The highest BCUT2D eigenvalue weighted by Gasteiger charge is 1.95. The molecule has 1 saturated carbocycles. The van der Waals surface area contributed by atoms with Crippen molar-refractivity contribution in [2.45, 2.75) is 52.4 Å². The van der Waals surface area contributed by atoms with Crippen molar-refractivity contribution in [3.8, 4) is 0 Å². The van der Waals surface area contributed by atoms with Crippen LogP contribution in [0.1, 0.15) is 52.4 Å². The second-order valence-electron chi connectivity index (χ2n) is 2.62. The third-order valence-electron chi connectivity index (χ3n) is 1.50. The average molecular weight is 159 g/mol. The van der Waals surface area contributed by atoms with Crippen LogP contribution in [-0.2, 0) is 0 Å². The first-order valence-corrected chi connectivity index (χ1v) is 5.00. The molecule has 0 aromatic carbocycles. The molecule has 1 aliphatic carbocycles. The fourth-order valence-corrected chi connectivity index (χ4v) is 1.06. The van der Waals surface area contributed by atoms with E-state index in [0.29, 0.717) is 0 Å². The van der Waals surface area contributed by atoms with Crippen LogP contribution in [0, 0.1) is 0 Å². The lowest BCUT2D eigenvalue weighted by Gasteiger charge is -2.05. The van der Waals surface area contributed by atoms with Crippen LogP contribution in [0.3, 0.4) is 0 Å². The molecule has 0 atom stereocenters. The topological polar surface area (TPSA) is 12.0 Å². The van der Waals surface area contributed by atoms with E-state index >= 15 is 0 Å². The maximum absolute atomic E-state index is 2.75. The fourth-order valence-electron chi connectivity index (χ4n) is 1.06. The molecule has 0 radical (unpaired) electrons. The average Bonchev–Trinajstić information content (AvgIpc) is 2.12. The highest BCUT2D eigenvalue weighted by atomic mass is 14.7. The molecule has 1 heteroatoms. The van der Waals surface area contributed by atoms with Gasteiger partial charge in [-0.3, -0.25) is 0 Å². The smallest absolute Gasteiger partial charge is 0.0167 e. The van der Waals surface area contributed by atoms with Crippen LogP contribution in [0.4, 0.5) is 0 Å². The van der Waals surface area contributed by atoms with Gasteiger partial charge in [0, 0.05) is 0 Å². The van der Waals surface area contributed by atoms with Gasteiger partial charge in [0.2, 0.25) is 0 Å². The van der Waals surface area contributed by atoms with Gasteiger partial charge in [0.15, 0.2) is 0 Å². The Morgan fingerprint density at radius 2 is 0.727 bits per heavy atom. The summed E-state index contributed by atoms with van der Waals surface area (Å²) in [5, 5.41) is 2.75. The van der Waals surface area contributed by atoms with Crippen LogP contribution in [0.2, 0.25) is 0 Å². The largest absolute Gasteiger partial charge is 0.323 e. The van der Waals surface area contributed by atoms with Gasteiger partial charge in [0.25, 0.3) is 0 Å². The van der Waals surface area contributed by atoms with Crippen LogP contribution in [0.5, 0.6) is 0 Å². The lowest BCUT2D eigenvalue weighted by Crippen LogP contribution is -1.89. The Kier molecular flexibility index (Phi) is 20.3. The van der Waals surface area contributed by atoms with Crippen LogP contribution < -0.4 is 5.32 Å². The summed E-state index contributed by atoms with van der Waals surface area (Å²) in [6.45, 7) is 4.00. The lowest BCUT2D eigenvalue weighted by molar-refractivity contribution is 0.504. The van der Waals surface area contributed by atoms with E-state index in [-0.39, 0.29) is 0 Å². The first kappa shape index (κ1) is 13.5. The maximum Gasteiger partial charge on any atom is -0.0167 e. The molecular formula is C10H25N. The zero-order chi connectivity index (χ0) is 8.95. The van der Waals surface area contributed by atoms with Crippen molar-refractivity contribution in [1.29, 1.82) is 0 Å². The summed E-state index contributed by atoms with van der Waals surface area (Å²) in [6, 6.07) is 0. The van der Waals surface area contributed by atoms with Crippen LogP contribution >= 0.6 is 0 Å². The summed E-state index contributed by atoms with van der Waals surface area (Å²) in [4.78, 5) is 0. The molecule has 0 aromatic rings. The minimum atomic E-state index is 1.50. The lowest BCUT2D eigenvalue weighted by atomic mass is 10.0. The second kappa shape index (κ2) is 16.5. The van der Waals surface area contributed by atoms with E-state index in [1.54, 1.807) is 0 Å². The third kappa shape index (κ3) is 17.8. The van der Waals surface area contributed by atoms with Gasteiger partial charge in [-0.15, -0.1) is 0 Å². The Morgan fingerprint density at radius 3 is 0.818 bits per heavy atom. The van der Waals surface area contributed by atoms with Gasteiger partial charge in [-0.1, -0.05) is 52.4 Å². The van der Waals surface area contributed by atoms with E-state index in [1.807, 2.05) is 27.9 Å². The summed E-state index contributed by atoms with van der Waals surface area (Å²) in [5.41, 5.74) is 0. The molecule has 0 bridgehead atoms. The highest BCUT2D eigenvalue weighted by Crippen LogP contribution is 2.15. The summed E-state index contributed by atoms with van der Waals surface area (Å²) >= 11 is 0. The Hall–Kier alpha value is -0.0400. The number of hydrogen-bond acceptors (Lipinski definition) is 1. The summed E-state index contributed by atoms with van der Waals surface area (Å²) < 4.78 is 0. The summed E-state index contributed by atoms with van der Waals surface area (Å²) in [7, 11) is 3.75. The van der Waals surface area contributed by atoms with Gasteiger partial charge >= 0.3 is 0 Å². The van der Waals surface area contributed by atoms with E-state index < -0.39 is 0 Å². The van der Waals surface area contributed by atoms with Crippen molar-refractivity contribution in [2.24, 2.45) is 0 Å².